The number of carbonyl (C=O) groups excluding carboxylic acids is 1. The van der Waals surface area contributed by atoms with Gasteiger partial charge in [0, 0.05) is 31.9 Å². The molecule has 1 aliphatic rings. The summed E-state index contributed by atoms with van der Waals surface area (Å²) in [4.78, 5) is 14.9. The Morgan fingerprint density at radius 1 is 1.40 bits per heavy atom. The standard InChI is InChI=1S/C10H11ClN2O2/c1-12-4-5-13(10(12)15)7-2-3-8(11)9(14)6-7/h2-3,6,14H,4-5H2,1H3. The van der Waals surface area contributed by atoms with Crippen LogP contribution in [0.2, 0.25) is 5.02 Å². The fourth-order valence-electron chi connectivity index (χ4n) is 1.56. The van der Waals surface area contributed by atoms with E-state index in [2.05, 4.69) is 0 Å². The number of likely N-dealkylation sites (N-methyl/N-ethyl adjacent to an activating group) is 1. The fourth-order valence-corrected chi connectivity index (χ4v) is 1.67. The number of urea groups is 1. The first-order valence-corrected chi connectivity index (χ1v) is 4.98. The first kappa shape index (κ1) is 10.1. The van der Waals surface area contributed by atoms with Crippen molar-refractivity contribution in [3.63, 3.8) is 0 Å². The zero-order chi connectivity index (χ0) is 11.0. The molecule has 15 heavy (non-hydrogen) atoms. The predicted octanol–water partition coefficient (Wildman–Crippen LogP) is 1.92. The maximum Gasteiger partial charge on any atom is 0.324 e. The van der Waals surface area contributed by atoms with E-state index in [1.165, 1.54) is 6.07 Å². The Morgan fingerprint density at radius 3 is 2.67 bits per heavy atom. The van der Waals surface area contributed by atoms with Crippen LogP contribution in [0.3, 0.4) is 0 Å². The highest BCUT2D eigenvalue weighted by Gasteiger charge is 2.26. The molecule has 0 spiro atoms. The summed E-state index contributed by atoms with van der Waals surface area (Å²) >= 11 is 5.69. The van der Waals surface area contributed by atoms with Crippen LogP contribution in [0.5, 0.6) is 5.75 Å². The second-order valence-electron chi connectivity index (χ2n) is 3.49. The zero-order valence-electron chi connectivity index (χ0n) is 8.27. The van der Waals surface area contributed by atoms with Gasteiger partial charge in [0.15, 0.2) is 0 Å². The quantitative estimate of drug-likeness (QED) is 0.795. The number of phenols is 1. The van der Waals surface area contributed by atoms with Crippen molar-refractivity contribution in [2.75, 3.05) is 25.0 Å². The van der Waals surface area contributed by atoms with Crippen molar-refractivity contribution < 1.29 is 9.90 Å². The first-order valence-electron chi connectivity index (χ1n) is 4.61. The Kier molecular flexibility index (Phi) is 2.44. The minimum Gasteiger partial charge on any atom is -0.506 e. The Balaban J connectivity index is 2.31. The third-order valence-electron chi connectivity index (χ3n) is 2.46. The maximum atomic E-state index is 11.6. The summed E-state index contributed by atoms with van der Waals surface area (Å²) in [6, 6.07) is 4.74. The van der Waals surface area contributed by atoms with Crippen molar-refractivity contribution in [1.29, 1.82) is 0 Å². The topological polar surface area (TPSA) is 43.8 Å². The number of anilines is 1. The van der Waals surface area contributed by atoms with E-state index in [-0.39, 0.29) is 11.8 Å². The lowest BCUT2D eigenvalue weighted by molar-refractivity contribution is 0.229. The molecular weight excluding hydrogens is 216 g/mol. The van der Waals surface area contributed by atoms with Gasteiger partial charge < -0.3 is 10.0 Å². The van der Waals surface area contributed by atoms with Gasteiger partial charge in [-0.2, -0.15) is 0 Å². The number of carbonyl (C=O) groups is 1. The Hall–Kier alpha value is -1.42. The van der Waals surface area contributed by atoms with Crippen LogP contribution in [0, 0.1) is 0 Å². The first-order chi connectivity index (χ1) is 7.09. The highest BCUT2D eigenvalue weighted by atomic mass is 35.5. The predicted molar refractivity (Wildman–Crippen MR) is 58.5 cm³/mol. The Bertz CT molecular complexity index is 408. The third kappa shape index (κ3) is 1.72. The SMILES string of the molecule is CN1CCN(c2ccc(Cl)c(O)c2)C1=O. The zero-order valence-corrected chi connectivity index (χ0v) is 9.03. The van der Waals surface area contributed by atoms with Crippen LogP contribution in [-0.4, -0.2) is 36.2 Å². The smallest absolute Gasteiger partial charge is 0.324 e. The monoisotopic (exact) mass is 226 g/mol. The van der Waals surface area contributed by atoms with Gasteiger partial charge >= 0.3 is 6.03 Å². The number of halogens is 1. The van der Waals surface area contributed by atoms with Crippen LogP contribution in [0.25, 0.3) is 0 Å². The third-order valence-corrected chi connectivity index (χ3v) is 2.78. The van der Waals surface area contributed by atoms with Gasteiger partial charge in [-0.05, 0) is 12.1 Å². The van der Waals surface area contributed by atoms with E-state index in [0.29, 0.717) is 23.8 Å². The summed E-state index contributed by atoms with van der Waals surface area (Å²) in [5, 5.41) is 9.72. The van der Waals surface area contributed by atoms with Gasteiger partial charge in [-0.3, -0.25) is 4.90 Å². The number of phenolic OH excluding ortho intramolecular Hbond substituents is 1. The Morgan fingerprint density at radius 2 is 2.13 bits per heavy atom. The van der Waals surface area contributed by atoms with E-state index in [1.54, 1.807) is 29.0 Å². The summed E-state index contributed by atoms with van der Waals surface area (Å²) in [6.07, 6.45) is 0. The molecule has 1 aromatic rings. The number of amides is 2. The van der Waals surface area contributed by atoms with Crippen LogP contribution < -0.4 is 4.90 Å². The van der Waals surface area contributed by atoms with Crippen molar-refractivity contribution in [3.05, 3.63) is 23.2 Å². The largest absolute Gasteiger partial charge is 0.506 e. The van der Waals surface area contributed by atoms with Crippen molar-refractivity contribution >= 4 is 23.3 Å². The van der Waals surface area contributed by atoms with Crippen molar-refractivity contribution in [3.8, 4) is 5.75 Å². The second kappa shape index (κ2) is 3.62. The minimum absolute atomic E-state index is 0.00322. The van der Waals surface area contributed by atoms with Gasteiger partial charge in [0.2, 0.25) is 0 Å². The molecule has 1 saturated heterocycles. The molecular formula is C10H11ClN2O2. The molecule has 0 bridgehead atoms. The molecule has 5 heteroatoms. The summed E-state index contributed by atoms with van der Waals surface area (Å²) in [5.74, 6) is -0.00322. The molecule has 80 valence electrons. The van der Waals surface area contributed by atoms with Gasteiger partial charge in [0.1, 0.15) is 5.75 Å². The van der Waals surface area contributed by atoms with Gasteiger partial charge in [0.25, 0.3) is 0 Å². The van der Waals surface area contributed by atoms with Gasteiger partial charge in [0.05, 0.1) is 5.02 Å². The van der Waals surface area contributed by atoms with Gasteiger partial charge in [-0.1, -0.05) is 11.6 Å². The van der Waals surface area contributed by atoms with Crippen molar-refractivity contribution in [1.82, 2.24) is 4.90 Å². The second-order valence-corrected chi connectivity index (χ2v) is 3.90. The average Bonchev–Trinajstić information content (AvgIpc) is 2.53. The average molecular weight is 227 g/mol. The molecule has 0 unspecified atom stereocenters. The highest BCUT2D eigenvalue weighted by Crippen LogP contribution is 2.29. The molecule has 0 radical (unpaired) electrons. The van der Waals surface area contributed by atoms with Crippen LogP contribution in [-0.2, 0) is 0 Å². The van der Waals surface area contributed by atoms with Crippen molar-refractivity contribution in [2.45, 2.75) is 0 Å². The molecule has 1 heterocycles. The molecule has 0 aliphatic carbocycles. The van der Waals surface area contributed by atoms with E-state index in [4.69, 9.17) is 11.6 Å². The summed E-state index contributed by atoms with van der Waals surface area (Å²) in [7, 11) is 1.75. The fraction of sp³-hybridized carbons (Fsp3) is 0.300. The van der Waals surface area contributed by atoms with Crippen LogP contribution in [0.1, 0.15) is 0 Å². The molecule has 1 N–H and O–H groups in total. The number of rotatable bonds is 1. The van der Waals surface area contributed by atoms with Gasteiger partial charge in [-0.25, -0.2) is 4.79 Å². The van der Waals surface area contributed by atoms with E-state index in [9.17, 15) is 9.90 Å². The van der Waals surface area contributed by atoms with Crippen molar-refractivity contribution in [2.24, 2.45) is 0 Å². The maximum absolute atomic E-state index is 11.6. The number of aromatic hydroxyl groups is 1. The number of nitrogens with zero attached hydrogens (tertiary/aromatic N) is 2. The molecule has 0 atom stereocenters. The van der Waals surface area contributed by atoms with E-state index in [0.717, 1.165) is 0 Å². The van der Waals surface area contributed by atoms with E-state index < -0.39 is 0 Å². The van der Waals surface area contributed by atoms with Crippen LogP contribution in [0.15, 0.2) is 18.2 Å². The normalized spacial score (nSPS) is 16.3. The van der Waals surface area contributed by atoms with Crippen LogP contribution in [0.4, 0.5) is 10.5 Å². The van der Waals surface area contributed by atoms with Gasteiger partial charge in [-0.15, -0.1) is 0 Å². The molecule has 1 fully saturated rings. The number of benzene rings is 1. The minimum atomic E-state index is -0.0586. The number of hydrogen-bond acceptors (Lipinski definition) is 2. The molecule has 2 amide bonds. The molecule has 1 aromatic carbocycles. The molecule has 2 rings (SSSR count). The summed E-state index contributed by atoms with van der Waals surface area (Å²) in [6.45, 7) is 1.33. The lowest BCUT2D eigenvalue weighted by Crippen LogP contribution is -2.29. The Labute approximate surface area is 92.7 Å². The molecule has 4 nitrogen and oxygen atoms in total. The molecule has 1 aliphatic heterocycles. The lowest BCUT2D eigenvalue weighted by Gasteiger charge is -2.16. The van der Waals surface area contributed by atoms with Crippen LogP contribution >= 0.6 is 11.6 Å². The number of hydrogen-bond donors (Lipinski definition) is 1. The summed E-state index contributed by atoms with van der Waals surface area (Å²) in [5.41, 5.74) is 0.672. The highest BCUT2D eigenvalue weighted by molar-refractivity contribution is 6.32. The molecule has 0 saturated carbocycles. The van der Waals surface area contributed by atoms with E-state index >= 15 is 0 Å². The van der Waals surface area contributed by atoms with E-state index in [1.807, 2.05) is 0 Å². The molecule has 0 aromatic heterocycles. The summed E-state index contributed by atoms with van der Waals surface area (Å²) < 4.78 is 0. The lowest BCUT2D eigenvalue weighted by atomic mass is 10.3.